The fourth-order valence-electron chi connectivity index (χ4n) is 2.31. The number of benzene rings is 1. The first-order chi connectivity index (χ1) is 9.80. The van der Waals surface area contributed by atoms with Crippen molar-refractivity contribution < 1.29 is 18.1 Å². The number of amides is 1. The van der Waals surface area contributed by atoms with Gasteiger partial charge in [0.15, 0.2) is 9.84 Å². The van der Waals surface area contributed by atoms with E-state index in [0.29, 0.717) is 12.8 Å². The van der Waals surface area contributed by atoms with Crippen molar-refractivity contribution >= 4 is 27.1 Å². The van der Waals surface area contributed by atoms with E-state index in [9.17, 15) is 23.3 Å². The zero-order valence-corrected chi connectivity index (χ0v) is 11.9. The van der Waals surface area contributed by atoms with Crippen molar-refractivity contribution in [1.29, 1.82) is 0 Å². The SMILES string of the molecule is Nc1c(C(=O)NC2CCCS(=O)(=O)C2)cccc1[N+](=O)[O-]. The fraction of sp³-hybridized carbons (Fsp3) is 0.417. The van der Waals surface area contributed by atoms with Crippen LogP contribution in [0, 0.1) is 10.1 Å². The number of carbonyl (C=O) groups is 1. The number of nitro benzene ring substituents is 1. The molecule has 1 aliphatic rings. The minimum atomic E-state index is -3.15. The Kier molecular flexibility index (Phi) is 4.12. The van der Waals surface area contributed by atoms with Crippen LogP contribution in [0.4, 0.5) is 11.4 Å². The lowest BCUT2D eigenvalue weighted by Crippen LogP contribution is -2.43. The van der Waals surface area contributed by atoms with E-state index in [0.717, 1.165) is 0 Å². The van der Waals surface area contributed by atoms with E-state index in [1.54, 1.807) is 0 Å². The van der Waals surface area contributed by atoms with Crippen LogP contribution >= 0.6 is 0 Å². The lowest BCUT2D eigenvalue weighted by Gasteiger charge is -2.23. The number of carbonyl (C=O) groups excluding carboxylic acids is 1. The molecule has 1 amide bonds. The molecule has 9 heteroatoms. The lowest BCUT2D eigenvalue weighted by atomic mass is 10.1. The summed E-state index contributed by atoms with van der Waals surface area (Å²) in [5.74, 6) is -0.593. The Morgan fingerprint density at radius 1 is 1.43 bits per heavy atom. The first kappa shape index (κ1) is 15.2. The summed E-state index contributed by atoms with van der Waals surface area (Å²) in [7, 11) is -3.15. The maximum Gasteiger partial charge on any atom is 0.292 e. The molecule has 114 valence electrons. The first-order valence-electron chi connectivity index (χ1n) is 6.34. The minimum Gasteiger partial charge on any atom is -0.393 e. The third-order valence-electron chi connectivity index (χ3n) is 3.32. The van der Waals surface area contributed by atoms with Crippen molar-refractivity contribution in [2.45, 2.75) is 18.9 Å². The molecular formula is C12H15N3O5S. The molecule has 1 saturated heterocycles. The van der Waals surface area contributed by atoms with Crippen LogP contribution < -0.4 is 11.1 Å². The summed E-state index contributed by atoms with van der Waals surface area (Å²) in [6, 6.07) is 3.45. The number of nitrogens with two attached hydrogens (primary N) is 1. The summed E-state index contributed by atoms with van der Waals surface area (Å²) < 4.78 is 23.0. The molecule has 1 aliphatic heterocycles. The Bertz CT molecular complexity index is 686. The van der Waals surface area contributed by atoms with Crippen LogP contribution in [0.1, 0.15) is 23.2 Å². The van der Waals surface area contributed by atoms with Gasteiger partial charge in [-0.3, -0.25) is 14.9 Å². The molecule has 8 nitrogen and oxygen atoms in total. The Morgan fingerprint density at radius 2 is 2.14 bits per heavy atom. The van der Waals surface area contributed by atoms with Crippen molar-refractivity contribution in [1.82, 2.24) is 5.32 Å². The maximum absolute atomic E-state index is 12.1. The highest BCUT2D eigenvalue weighted by atomic mass is 32.2. The van der Waals surface area contributed by atoms with E-state index in [1.165, 1.54) is 18.2 Å². The molecule has 1 aromatic carbocycles. The fourth-order valence-corrected chi connectivity index (χ4v) is 3.95. The standard InChI is InChI=1S/C12H15N3O5S/c13-11-9(4-1-5-10(11)15(17)18)12(16)14-8-3-2-6-21(19,20)7-8/h1,4-5,8H,2-3,6-7,13H2,(H,14,16). The van der Waals surface area contributed by atoms with E-state index in [4.69, 9.17) is 5.73 Å². The van der Waals surface area contributed by atoms with Gasteiger partial charge in [0, 0.05) is 12.1 Å². The highest BCUT2D eigenvalue weighted by Gasteiger charge is 2.27. The Balaban J connectivity index is 2.18. The van der Waals surface area contributed by atoms with Gasteiger partial charge in [0.2, 0.25) is 0 Å². The van der Waals surface area contributed by atoms with Gasteiger partial charge >= 0.3 is 0 Å². The zero-order valence-electron chi connectivity index (χ0n) is 11.1. The van der Waals surface area contributed by atoms with Crippen molar-refractivity contribution in [2.24, 2.45) is 0 Å². The smallest absolute Gasteiger partial charge is 0.292 e. The monoisotopic (exact) mass is 313 g/mol. The van der Waals surface area contributed by atoms with Crippen molar-refractivity contribution in [3.63, 3.8) is 0 Å². The molecule has 0 spiro atoms. The number of nitrogens with one attached hydrogen (secondary N) is 1. The molecule has 3 N–H and O–H groups in total. The third kappa shape index (κ3) is 3.48. The number of nitrogens with zero attached hydrogens (tertiary/aromatic N) is 1. The molecule has 1 fully saturated rings. The molecule has 0 bridgehead atoms. The normalized spacial score (nSPS) is 20.7. The van der Waals surface area contributed by atoms with Crippen molar-refractivity contribution in [3.8, 4) is 0 Å². The number of rotatable bonds is 3. The third-order valence-corrected chi connectivity index (χ3v) is 5.14. The van der Waals surface area contributed by atoms with Gasteiger partial charge in [0.1, 0.15) is 5.69 Å². The average molecular weight is 313 g/mol. The van der Waals surface area contributed by atoms with E-state index in [1.807, 2.05) is 0 Å². The molecule has 2 rings (SSSR count). The van der Waals surface area contributed by atoms with E-state index in [-0.39, 0.29) is 28.4 Å². The van der Waals surface area contributed by atoms with Gasteiger partial charge in [-0.2, -0.15) is 0 Å². The predicted molar refractivity (Wildman–Crippen MR) is 76.7 cm³/mol. The Labute approximate surface area is 121 Å². The number of hydrogen-bond acceptors (Lipinski definition) is 6. The number of nitro groups is 1. The topological polar surface area (TPSA) is 132 Å². The van der Waals surface area contributed by atoms with Crippen LogP contribution in [0.15, 0.2) is 18.2 Å². The van der Waals surface area contributed by atoms with Gasteiger partial charge in [0.25, 0.3) is 11.6 Å². The van der Waals surface area contributed by atoms with Crippen LogP contribution in [0.3, 0.4) is 0 Å². The molecule has 1 heterocycles. The zero-order chi connectivity index (χ0) is 15.6. The van der Waals surface area contributed by atoms with Gasteiger partial charge in [0.05, 0.1) is 22.0 Å². The van der Waals surface area contributed by atoms with Crippen LogP contribution in [0.2, 0.25) is 0 Å². The summed E-state index contributed by atoms with van der Waals surface area (Å²) in [6.07, 6.45) is 1.04. The van der Waals surface area contributed by atoms with Crippen LogP contribution in [-0.4, -0.2) is 36.8 Å². The number of nitrogen functional groups attached to an aromatic ring is 1. The van der Waals surface area contributed by atoms with Crippen LogP contribution in [-0.2, 0) is 9.84 Å². The summed E-state index contributed by atoms with van der Waals surface area (Å²) in [4.78, 5) is 22.2. The molecular weight excluding hydrogens is 298 g/mol. The van der Waals surface area contributed by atoms with Gasteiger partial charge < -0.3 is 11.1 Å². The summed E-state index contributed by atoms with van der Waals surface area (Å²) >= 11 is 0. The maximum atomic E-state index is 12.1. The molecule has 1 aromatic rings. The highest BCUT2D eigenvalue weighted by molar-refractivity contribution is 7.91. The quantitative estimate of drug-likeness (QED) is 0.474. The number of anilines is 1. The van der Waals surface area contributed by atoms with Crippen LogP contribution in [0.25, 0.3) is 0 Å². The van der Waals surface area contributed by atoms with Gasteiger partial charge in [-0.15, -0.1) is 0 Å². The molecule has 0 radical (unpaired) electrons. The van der Waals surface area contributed by atoms with E-state index >= 15 is 0 Å². The number of sulfone groups is 1. The highest BCUT2D eigenvalue weighted by Crippen LogP contribution is 2.25. The second-order valence-corrected chi connectivity index (χ2v) is 7.15. The summed E-state index contributed by atoms with van der Waals surface area (Å²) in [5.41, 5.74) is 5.03. The van der Waals surface area contributed by atoms with E-state index < -0.39 is 26.7 Å². The Hall–Kier alpha value is -2.16. The summed E-state index contributed by atoms with van der Waals surface area (Å²) in [5, 5.41) is 13.4. The predicted octanol–water partition coefficient (Wildman–Crippen LogP) is 0.484. The van der Waals surface area contributed by atoms with Crippen molar-refractivity contribution in [2.75, 3.05) is 17.2 Å². The molecule has 21 heavy (non-hydrogen) atoms. The largest absolute Gasteiger partial charge is 0.393 e. The van der Waals surface area contributed by atoms with Crippen LogP contribution in [0.5, 0.6) is 0 Å². The Morgan fingerprint density at radius 3 is 2.76 bits per heavy atom. The second-order valence-electron chi connectivity index (χ2n) is 4.92. The summed E-state index contributed by atoms with van der Waals surface area (Å²) in [6.45, 7) is 0. The molecule has 1 atom stereocenters. The van der Waals surface area contributed by atoms with Gasteiger partial charge in [-0.1, -0.05) is 6.07 Å². The van der Waals surface area contributed by atoms with Crippen molar-refractivity contribution in [3.05, 3.63) is 33.9 Å². The molecule has 0 aliphatic carbocycles. The second kappa shape index (κ2) is 5.68. The van der Waals surface area contributed by atoms with Gasteiger partial charge in [-0.05, 0) is 18.9 Å². The lowest BCUT2D eigenvalue weighted by molar-refractivity contribution is -0.383. The van der Waals surface area contributed by atoms with E-state index in [2.05, 4.69) is 5.32 Å². The average Bonchev–Trinajstić information content (AvgIpc) is 2.37. The number of para-hydroxylation sites is 1. The molecule has 0 saturated carbocycles. The van der Waals surface area contributed by atoms with Gasteiger partial charge in [-0.25, -0.2) is 8.42 Å². The minimum absolute atomic E-state index is 0.0211. The molecule has 0 aromatic heterocycles. The first-order valence-corrected chi connectivity index (χ1v) is 8.16. The number of hydrogen-bond donors (Lipinski definition) is 2. The molecule has 1 unspecified atom stereocenters.